The summed E-state index contributed by atoms with van der Waals surface area (Å²) < 4.78 is 0.779. The Labute approximate surface area is 108 Å². The third-order valence-corrected chi connectivity index (χ3v) is 3.71. The van der Waals surface area contributed by atoms with Crippen molar-refractivity contribution in [1.29, 1.82) is 0 Å². The molecule has 0 radical (unpaired) electrons. The Hall–Kier alpha value is -0.580. The van der Waals surface area contributed by atoms with Crippen molar-refractivity contribution < 1.29 is 4.79 Å². The molecule has 1 aliphatic rings. The van der Waals surface area contributed by atoms with Crippen LogP contribution < -0.4 is 5.32 Å². The first-order valence-corrected chi connectivity index (χ1v) is 6.19. The van der Waals surface area contributed by atoms with E-state index in [1.807, 2.05) is 7.05 Å². The van der Waals surface area contributed by atoms with E-state index in [9.17, 15) is 4.79 Å². The number of hydrogen-bond donors (Lipinski definition) is 1. The zero-order valence-electron chi connectivity index (χ0n) is 8.84. The van der Waals surface area contributed by atoms with Crippen molar-refractivity contribution in [2.24, 2.45) is 0 Å². The fraction of sp³-hybridized carbons (Fsp3) is 0.364. The molecule has 0 aliphatic carbocycles. The summed E-state index contributed by atoms with van der Waals surface area (Å²) in [4.78, 5) is 13.9. The number of nitrogens with one attached hydrogen (secondary N) is 1. The summed E-state index contributed by atoms with van der Waals surface area (Å²) in [5.41, 5.74) is 0.613. The van der Waals surface area contributed by atoms with Gasteiger partial charge in [-0.05, 0) is 34.1 Å². The Morgan fingerprint density at radius 2 is 2.25 bits per heavy atom. The van der Waals surface area contributed by atoms with Crippen LogP contribution in [-0.4, -0.2) is 37.0 Å². The second-order valence-corrected chi connectivity index (χ2v) is 5.14. The standard InChI is InChI=1S/C11H12BrClN2O/c1-15(8-5-14-6-8)11(16)9-4-7(13)2-3-10(9)12/h2-4,8,14H,5-6H2,1H3. The van der Waals surface area contributed by atoms with Gasteiger partial charge in [-0.25, -0.2) is 0 Å². The molecule has 0 spiro atoms. The lowest BCUT2D eigenvalue weighted by Crippen LogP contribution is -2.57. The van der Waals surface area contributed by atoms with Crippen LogP contribution in [0.4, 0.5) is 0 Å². The molecule has 1 aliphatic heterocycles. The van der Waals surface area contributed by atoms with Gasteiger partial charge in [0.15, 0.2) is 0 Å². The van der Waals surface area contributed by atoms with Gasteiger partial charge in [-0.3, -0.25) is 4.79 Å². The van der Waals surface area contributed by atoms with Crippen molar-refractivity contribution in [1.82, 2.24) is 10.2 Å². The SMILES string of the molecule is CN(C(=O)c1cc(Cl)ccc1Br)C1CNC1. The molecule has 0 atom stereocenters. The molecule has 86 valence electrons. The monoisotopic (exact) mass is 302 g/mol. The van der Waals surface area contributed by atoms with Crippen LogP contribution >= 0.6 is 27.5 Å². The third kappa shape index (κ3) is 2.24. The molecular formula is C11H12BrClN2O. The predicted octanol–water partition coefficient (Wildman–Crippen LogP) is 2.15. The quantitative estimate of drug-likeness (QED) is 0.908. The molecule has 2 rings (SSSR count). The number of carbonyl (C=O) groups is 1. The van der Waals surface area contributed by atoms with Gasteiger partial charge in [0, 0.05) is 29.6 Å². The maximum atomic E-state index is 12.2. The second-order valence-electron chi connectivity index (χ2n) is 3.85. The Morgan fingerprint density at radius 3 is 2.81 bits per heavy atom. The van der Waals surface area contributed by atoms with Crippen LogP contribution in [0.3, 0.4) is 0 Å². The Balaban J connectivity index is 2.22. The number of amides is 1. The molecule has 1 fully saturated rings. The number of carbonyl (C=O) groups excluding carboxylic acids is 1. The van der Waals surface area contributed by atoms with Gasteiger partial charge < -0.3 is 10.2 Å². The molecule has 0 saturated carbocycles. The van der Waals surface area contributed by atoms with Crippen molar-refractivity contribution in [2.45, 2.75) is 6.04 Å². The van der Waals surface area contributed by atoms with E-state index in [0.29, 0.717) is 16.6 Å². The first-order chi connectivity index (χ1) is 7.59. The van der Waals surface area contributed by atoms with Crippen LogP contribution in [0.15, 0.2) is 22.7 Å². The molecule has 1 aromatic rings. The summed E-state index contributed by atoms with van der Waals surface area (Å²) in [7, 11) is 1.82. The van der Waals surface area contributed by atoms with E-state index in [-0.39, 0.29) is 5.91 Å². The molecule has 1 amide bonds. The van der Waals surface area contributed by atoms with Crippen LogP contribution in [0, 0.1) is 0 Å². The van der Waals surface area contributed by atoms with Crippen LogP contribution in [0.2, 0.25) is 5.02 Å². The Bertz CT molecular complexity index is 420. The topological polar surface area (TPSA) is 32.3 Å². The largest absolute Gasteiger partial charge is 0.336 e. The highest BCUT2D eigenvalue weighted by Gasteiger charge is 2.26. The number of nitrogens with zero attached hydrogens (tertiary/aromatic N) is 1. The fourth-order valence-corrected chi connectivity index (χ4v) is 2.15. The summed E-state index contributed by atoms with van der Waals surface area (Å²) in [5, 5.41) is 3.72. The highest BCUT2D eigenvalue weighted by atomic mass is 79.9. The Morgan fingerprint density at radius 1 is 1.56 bits per heavy atom. The van der Waals surface area contributed by atoms with Crippen LogP contribution in [-0.2, 0) is 0 Å². The lowest BCUT2D eigenvalue weighted by molar-refractivity contribution is 0.0680. The number of likely N-dealkylation sites (N-methyl/N-ethyl adjacent to an activating group) is 1. The molecule has 1 saturated heterocycles. The van der Waals surface area contributed by atoms with Crippen LogP contribution in [0.1, 0.15) is 10.4 Å². The minimum absolute atomic E-state index is 0.000810. The van der Waals surface area contributed by atoms with E-state index in [1.165, 1.54) is 0 Å². The second kappa shape index (κ2) is 4.73. The van der Waals surface area contributed by atoms with Gasteiger partial charge in [0.1, 0.15) is 0 Å². The average Bonchev–Trinajstić information content (AvgIpc) is 2.18. The van der Waals surface area contributed by atoms with Gasteiger partial charge in [-0.15, -0.1) is 0 Å². The van der Waals surface area contributed by atoms with Crippen LogP contribution in [0.5, 0.6) is 0 Å². The van der Waals surface area contributed by atoms with Crippen molar-refractivity contribution in [3.05, 3.63) is 33.3 Å². The van der Waals surface area contributed by atoms with E-state index >= 15 is 0 Å². The summed E-state index contributed by atoms with van der Waals surface area (Å²) in [5.74, 6) is 0.000810. The maximum Gasteiger partial charge on any atom is 0.255 e. The van der Waals surface area contributed by atoms with Gasteiger partial charge in [0.05, 0.1) is 11.6 Å². The van der Waals surface area contributed by atoms with E-state index in [0.717, 1.165) is 17.6 Å². The van der Waals surface area contributed by atoms with Gasteiger partial charge in [0.25, 0.3) is 5.91 Å². The Kier molecular flexibility index (Phi) is 3.52. The molecule has 5 heteroatoms. The third-order valence-electron chi connectivity index (χ3n) is 2.79. The molecule has 0 aromatic heterocycles. The molecule has 0 bridgehead atoms. The van der Waals surface area contributed by atoms with Crippen molar-refractivity contribution in [3.63, 3.8) is 0 Å². The van der Waals surface area contributed by atoms with Crippen molar-refractivity contribution >= 4 is 33.4 Å². The number of halogens is 2. The fourth-order valence-electron chi connectivity index (χ4n) is 1.56. The number of benzene rings is 1. The van der Waals surface area contributed by atoms with E-state index < -0.39 is 0 Å². The molecule has 3 nitrogen and oxygen atoms in total. The molecule has 16 heavy (non-hydrogen) atoms. The first-order valence-electron chi connectivity index (χ1n) is 5.02. The van der Waals surface area contributed by atoms with Gasteiger partial charge in [-0.2, -0.15) is 0 Å². The van der Waals surface area contributed by atoms with Gasteiger partial charge in [-0.1, -0.05) is 11.6 Å². The zero-order chi connectivity index (χ0) is 11.7. The molecule has 1 N–H and O–H groups in total. The molecular weight excluding hydrogens is 291 g/mol. The summed E-state index contributed by atoms with van der Waals surface area (Å²) in [6, 6.07) is 5.53. The van der Waals surface area contributed by atoms with E-state index in [4.69, 9.17) is 11.6 Å². The van der Waals surface area contributed by atoms with Crippen LogP contribution in [0.25, 0.3) is 0 Å². The number of hydrogen-bond acceptors (Lipinski definition) is 2. The minimum atomic E-state index is 0.000810. The molecule has 1 aromatic carbocycles. The summed E-state index contributed by atoms with van der Waals surface area (Å²) in [6.45, 7) is 1.72. The van der Waals surface area contributed by atoms with Crippen molar-refractivity contribution in [3.8, 4) is 0 Å². The highest BCUT2D eigenvalue weighted by Crippen LogP contribution is 2.23. The highest BCUT2D eigenvalue weighted by molar-refractivity contribution is 9.10. The zero-order valence-corrected chi connectivity index (χ0v) is 11.2. The van der Waals surface area contributed by atoms with E-state index in [2.05, 4.69) is 21.2 Å². The van der Waals surface area contributed by atoms with E-state index in [1.54, 1.807) is 23.1 Å². The predicted molar refractivity (Wildman–Crippen MR) is 67.9 cm³/mol. The summed E-state index contributed by atoms with van der Waals surface area (Å²) in [6.07, 6.45) is 0. The average molecular weight is 304 g/mol. The molecule has 1 heterocycles. The van der Waals surface area contributed by atoms with Gasteiger partial charge in [0.2, 0.25) is 0 Å². The molecule has 0 unspecified atom stereocenters. The lowest BCUT2D eigenvalue weighted by atomic mass is 10.1. The normalized spacial score (nSPS) is 15.7. The summed E-state index contributed by atoms with van der Waals surface area (Å²) >= 11 is 9.26. The minimum Gasteiger partial charge on any atom is -0.336 e. The first kappa shape index (κ1) is 11.9. The van der Waals surface area contributed by atoms with Crippen molar-refractivity contribution in [2.75, 3.05) is 20.1 Å². The van der Waals surface area contributed by atoms with Gasteiger partial charge >= 0.3 is 0 Å². The number of rotatable bonds is 2. The lowest BCUT2D eigenvalue weighted by Gasteiger charge is -2.35. The smallest absolute Gasteiger partial charge is 0.255 e. The maximum absolute atomic E-state index is 12.2.